The lowest BCUT2D eigenvalue weighted by Gasteiger charge is -2.27. The van der Waals surface area contributed by atoms with Gasteiger partial charge < -0.3 is 41.2 Å². The minimum absolute atomic E-state index is 0.00251. The number of carbonyl (C=O) groups is 5. The van der Waals surface area contributed by atoms with Crippen LogP contribution in [0.1, 0.15) is 63.3 Å². The second-order valence-corrected chi connectivity index (χ2v) is 15.2. The molecule has 4 rings (SSSR count). The fraction of sp³-hybridized carbons (Fsp3) is 0.372. The molecule has 0 heterocycles. The number of aromatic hydroxyl groups is 1. The summed E-state index contributed by atoms with van der Waals surface area (Å²) in [6, 6.07) is 20.6. The van der Waals surface area contributed by atoms with Crippen molar-refractivity contribution in [2.75, 3.05) is 11.9 Å². The molecule has 15 nitrogen and oxygen atoms in total. The van der Waals surface area contributed by atoms with Crippen LogP contribution in [-0.2, 0) is 54.6 Å². The van der Waals surface area contributed by atoms with E-state index in [1.165, 1.54) is 12.1 Å². The van der Waals surface area contributed by atoms with Crippen molar-refractivity contribution >= 4 is 35.5 Å². The largest absolute Gasteiger partial charge is 0.508 e. The Morgan fingerprint density at radius 3 is 1.84 bits per heavy atom. The number of phenolic OH excluding ortho intramolecular Hbond substituents is 1. The van der Waals surface area contributed by atoms with E-state index in [-0.39, 0.29) is 42.4 Å². The van der Waals surface area contributed by atoms with Crippen LogP contribution in [0.3, 0.4) is 0 Å². The summed E-state index contributed by atoms with van der Waals surface area (Å²) in [5.74, 6) is -2.57. The average molecular weight is 798 g/mol. The summed E-state index contributed by atoms with van der Waals surface area (Å²) >= 11 is 0. The van der Waals surface area contributed by atoms with Crippen molar-refractivity contribution in [1.29, 1.82) is 0 Å². The molecule has 0 fully saturated rings. The number of benzene rings is 3. The van der Waals surface area contributed by atoms with Crippen LogP contribution in [0.5, 0.6) is 5.75 Å². The first-order valence-corrected chi connectivity index (χ1v) is 18.9. The zero-order valence-electron chi connectivity index (χ0n) is 33.3. The van der Waals surface area contributed by atoms with Crippen LogP contribution in [0.2, 0.25) is 0 Å². The molecule has 0 radical (unpaired) electrons. The van der Waals surface area contributed by atoms with Gasteiger partial charge in [-0.2, -0.15) is 0 Å². The number of rotatable bonds is 19. The fourth-order valence-electron chi connectivity index (χ4n) is 5.88. The minimum Gasteiger partial charge on any atom is -0.508 e. The molecule has 0 aromatic heterocycles. The number of ether oxygens (including phenoxy) is 2. The second-order valence-electron chi connectivity index (χ2n) is 15.2. The van der Waals surface area contributed by atoms with Gasteiger partial charge in [0, 0.05) is 19.4 Å². The molecule has 0 aliphatic heterocycles. The Balaban J connectivity index is 1.41. The predicted molar refractivity (Wildman–Crippen MR) is 216 cm³/mol. The molecule has 0 aliphatic carbocycles. The van der Waals surface area contributed by atoms with E-state index < -0.39 is 77.5 Å². The summed E-state index contributed by atoms with van der Waals surface area (Å²) in [6.07, 6.45) is -0.497. The van der Waals surface area contributed by atoms with Gasteiger partial charge in [0.15, 0.2) is 0 Å². The van der Waals surface area contributed by atoms with Gasteiger partial charge in [0.05, 0.1) is 17.8 Å². The Bertz CT molecular complexity index is 2090. The Hall–Kier alpha value is -6.51. The predicted octanol–water partition coefficient (Wildman–Crippen LogP) is 3.15. The molecule has 0 saturated carbocycles. The van der Waals surface area contributed by atoms with Crippen LogP contribution in [0, 0.1) is 5.92 Å². The SMILES string of the molecule is CC(C)C[C@H](NC(=O)[C@H](Cc1ccccc1)NC(=O)CNc1c(CNC(=O)[C@H](Cc2ccc(O)cc2)NC(=O)OCc2ccccc2)c(=O)c1=O)C(=O)OC(C)(C)C. The third-order valence-electron chi connectivity index (χ3n) is 8.72. The third-order valence-corrected chi connectivity index (χ3v) is 8.72. The van der Waals surface area contributed by atoms with Gasteiger partial charge in [-0.25, -0.2) is 9.59 Å². The summed E-state index contributed by atoms with van der Waals surface area (Å²) in [5, 5.41) is 22.9. The highest BCUT2D eigenvalue weighted by molar-refractivity contribution is 5.92. The summed E-state index contributed by atoms with van der Waals surface area (Å²) in [7, 11) is 0. The van der Waals surface area contributed by atoms with Crippen molar-refractivity contribution in [2.24, 2.45) is 5.92 Å². The maximum atomic E-state index is 13.7. The molecule has 308 valence electrons. The maximum Gasteiger partial charge on any atom is 0.408 e. The van der Waals surface area contributed by atoms with Crippen LogP contribution >= 0.6 is 0 Å². The van der Waals surface area contributed by atoms with E-state index in [0.29, 0.717) is 12.0 Å². The molecule has 4 amide bonds. The van der Waals surface area contributed by atoms with Crippen LogP contribution in [0.25, 0.3) is 0 Å². The molecule has 0 unspecified atom stereocenters. The standard InChI is InChI=1S/C43H51N5O10/c1-26(2)20-34(41(55)58-43(3,4)5)47-40(54)33(21-27-12-8-6-9-13-27)46-35(50)24-44-36-31(37(51)38(36)52)23-45-39(53)32(22-28-16-18-30(49)19-17-28)48-42(56)57-25-29-14-10-7-11-15-29/h6-19,26,32-34,44,49H,20-25H2,1-5H3,(H,45,53)(H,46,50)(H,47,54)(H,48,56)/t32-,33-,34-/m0/s1. The van der Waals surface area contributed by atoms with Gasteiger partial charge in [0.2, 0.25) is 28.6 Å². The Morgan fingerprint density at radius 2 is 1.26 bits per heavy atom. The molecule has 0 aliphatic rings. The summed E-state index contributed by atoms with van der Waals surface area (Å²) < 4.78 is 10.8. The number of alkyl carbamates (subject to hydrolysis) is 1. The maximum absolute atomic E-state index is 13.7. The van der Waals surface area contributed by atoms with Crippen molar-refractivity contribution in [3.63, 3.8) is 0 Å². The molecule has 6 N–H and O–H groups in total. The van der Waals surface area contributed by atoms with Crippen LogP contribution in [-0.4, -0.2) is 65.2 Å². The van der Waals surface area contributed by atoms with E-state index in [4.69, 9.17) is 9.47 Å². The first-order chi connectivity index (χ1) is 27.5. The number of anilines is 1. The van der Waals surface area contributed by atoms with Crippen LogP contribution in [0.4, 0.5) is 10.5 Å². The normalized spacial score (nSPS) is 12.8. The fourth-order valence-corrected chi connectivity index (χ4v) is 5.88. The van der Waals surface area contributed by atoms with Gasteiger partial charge in [-0.3, -0.25) is 24.0 Å². The molecule has 0 spiro atoms. The molecule has 3 atom stereocenters. The topological polar surface area (TPSA) is 218 Å². The van der Waals surface area contributed by atoms with E-state index in [9.17, 15) is 38.7 Å². The number of amides is 4. The van der Waals surface area contributed by atoms with Gasteiger partial charge in [-0.05, 0) is 61.9 Å². The molecular weight excluding hydrogens is 746 g/mol. The minimum atomic E-state index is -1.18. The third kappa shape index (κ3) is 13.9. The Morgan fingerprint density at radius 1 is 0.690 bits per heavy atom. The van der Waals surface area contributed by atoms with Crippen LogP contribution in [0.15, 0.2) is 94.5 Å². The Labute approximate surface area is 336 Å². The molecule has 0 bridgehead atoms. The van der Waals surface area contributed by atoms with E-state index in [0.717, 1.165) is 11.1 Å². The second kappa shape index (κ2) is 20.6. The average Bonchev–Trinajstić information content (AvgIpc) is 3.17. The lowest BCUT2D eigenvalue weighted by Crippen LogP contribution is -2.54. The van der Waals surface area contributed by atoms with Gasteiger partial charge in [0.25, 0.3) is 0 Å². The number of hydrogen-bond acceptors (Lipinski definition) is 11. The van der Waals surface area contributed by atoms with E-state index >= 15 is 0 Å². The number of carbonyl (C=O) groups excluding carboxylic acids is 5. The summed E-state index contributed by atoms with van der Waals surface area (Å²) in [5.41, 5.74) is -0.763. The van der Waals surface area contributed by atoms with Crippen molar-refractivity contribution in [3.05, 3.63) is 128 Å². The lowest BCUT2D eigenvalue weighted by molar-refractivity contribution is -0.159. The highest BCUT2D eigenvalue weighted by Gasteiger charge is 2.31. The summed E-state index contributed by atoms with van der Waals surface area (Å²) in [4.78, 5) is 91.3. The van der Waals surface area contributed by atoms with E-state index in [1.54, 1.807) is 87.5 Å². The first kappa shape index (κ1) is 44.2. The highest BCUT2D eigenvalue weighted by atomic mass is 16.6. The van der Waals surface area contributed by atoms with Gasteiger partial charge in [-0.1, -0.05) is 86.6 Å². The lowest BCUT2D eigenvalue weighted by atomic mass is 10.0. The summed E-state index contributed by atoms with van der Waals surface area (Å²) in [6.45, 7) is 8.01. The number of esters is 1. The van der Waals surface area contributed by atoms with Crippen molar-refractivity contribution in [1.82, 2.24) is 21.3 Å². The van der Waals surface area contributed by atoms with Gasteiger partial charge >= 0.3 is 12.1 Å². The zero-order chi connectivity index (χ0) is 42.4. The van der Waals surface area contributed by atoms with E-state index in [1.807, 2.05) is 19.9 Å². The monoisotopic (exact) mass is 797 g/mol. The zero-order valence-corrected chi connectivity index (χ0v) is 33.3. The Kier molecular flexibility index (Phi) is 15.7. The first-order valence-electron chi connectivity index (χ1n) is 18.9. The van der Waals surface area contributed by atoms with Gasteiger partial charge in [-0.15, -0.1) is 0 Å². The molecule has 15 heteroatoms. The van der Waals surface area contributed by atoms with Gasteiger partial charge in [0.1, 0.15) is 36.1 Å². The number of phenols is 1. The molecule has 0 saturated heterocycles. The number of nitrogens with one attached hydrogen (secondary N) is 5. The molecular formula is C43H51N5O10. The van der Waals surface area contributed by atoms with Crippen LogP contribution < -0.4 is 37.4 Å². The quantitative estimate of drug-likeness (QED) is 0.0598. The van der Waals surface area contributed by atoms with E-state index in [2.05, 4.69) is 26.6 Å². The molecule has 4 aromatic carbocycles. The van der Waals surface area contributed by atoms with Crippen molar-refractivity contribution in [2.45, 2.75) is 90.8 Å². The van der Waals surface area contributed by atoms with Crippen molar-refractivity contribution < 1.29 is 38.6 Å². The highest BCUT2D eigenvalue weighted by Crippen LogP contribution is 2.15. The van der Waals surface area contributed by atoms with Crippen molar-refractivity contribution in [3.8, 4) is 5.75 Å². The molecule has 58 heavy (non-hydrogen) atoms. The number of hydrogen-bond donors (Lipinski definition) is 6. The molecule has 4 aromatic rings. The smallest absolute Gasteiger partial charge is 0.408 e.